The van der Waals surface area contributed by atoms with Gasteiger partial charge in [0.15, 0.2) is 6.29 Å². The maximum Gasteiger partial charge on any atom is 0.331 e. The molecule has 7 rings (SSSR count). The molecule has 0 bridgehead atoms. The average molecular weight is 639 g/mol. The normalized spacial score (nSPS) is 47.2. The van der Waals surface area contributed by atoms with Crippen molar-refractivity contribution in [2.45, 2.75) is 127 Å². The molecule has 6 aliphatic rings. The lowest BCUT2D eigenvalue weighted by molar-refractivity contribution is -0.284. The van der Waals surface area contributed by atoms with Crippen LogP contribution in [0.5, 0.6) is 0 Å². The average Bonchev–Trinajstić information content (AvgIpc) is 3.58. The van der Waals surface area contributed by atoms with Crippen molar-refractivity contribution in [1.29, 1.82) is 0 Å². The summed E-state index contributed by atoms with van der Waals surface area (Å²) in [6.45, 7) is 4.79. The van der Waals surface area contributed by atoms with Gasteiger partial charge >= 0.3 is 5.97 Å². The third-order valence-corrected chi connectivity index (χ3v) is 13.2. The van der Waals surface area contributed by atoms with Crippen LogP contribution in [0.2, 0.25) is 0 Å². The summed E-state index contributed by atoms with van der Waals surface area (Å²) in [5.74, 6) is -0.128. The van der Waals surface area contributed by atoms with Crippen LogP contribution in [-0.2, 0) is 30.3 Å². The zero-order valence-electron chi connectivity index (χ0n) is 27.3. The first-order valence-corrected chi connectivity index (χ1v) is 17.3. The number of ether oxygens (including phenoxy) is 4. The van der Waals surface area contributed by atoms with Crippen molar-refractivity contribution in [2.75, 3.05) is 13.7 Å². The van der Waals surface area contributed by atoms with Crippen molar-refractivity contribution in [3.63, 3.8) is 0 Å². The van der Waals surface area contributed by atoms with Crippen molar-refractivity contribution in [3.05, 3.63) is 41.7 Å². The van der Waals surface area contributed by atoms with E-state index in [1.54, 1.807) is 19.4 Å². The van der Waals surface area contributed by atoms with Crippen LogP contribution in [0.4, 0.5) is 0 Å². The third-order valence-electron chi connectivity index (χ3n) is 13.2. The maximum atomic E-state index is 12.8. The Labute approximate surface area is 271 Å². The second-order valence-electron chi connectivity index (χ2n) is 15.2. The molecule has 3 N–H and O–H groups in total. The molecule has 12 atom stereocenters. The van der Waals surface area contributed by atoms with Gasteiger partial charge in [-0.1, -0.05) is 13.0 Å². The van der Waals surface area contributed by atoms with E-state index in [0.717, 1.165) is 37.0 Å². The molecule has 1 aromatic heterocycles. The number of methoxy groups -OCH3 is 1. The molecular weight excluding hydrogens is 588 g/mol. The second-order valence-corrected chi connectivity index (χ2v) is 15.2. The zero-order chi connectivity index (χ0) is 32.3. The van der Waals surface area contributed by atoms with E-state index < -0.39 is 35.1 Å². The van der Waals surface area contributed by atoms with Gasteiger partial charge in [-0.2, -0.15) is 0 Å². The molecule has 0 aromatic carbocycles. The van der Waals surface area contributed by atoms with Gasteiger partial charge in [0.05, 0.1) is 41.8 Å². The number of carbonyl (C=O) groups is 1. The van der Waals surface area contributed by atoms with Gasteiger partial charge in [-0.05, 0) is 93.7 Å². The summed E-state index contributed by atoms with van der Waals surface area (Å²) in [6, 6.07) is 5.81. The van der Waals surface area contributed by atoms with Crippen molar-refractivity contribution >= 4 is 12.2 Å². The van der Waals surface area contributed by atoms with Crippen molar-refractivity contribution < 1.29 is 39.1 Å². The minimum atomic E-state index is -1.07. The molecule has 10 nitrogen and oxygen atoms in total. The second kappa shape index (κ2) is 12.0. The fourth-order valence-electron chi connectivity index (χ4n) is 10.8. The number of hydrogen-bond donors (Lipinski definition) is 3. The first kappa shape index (κ1) is 32.3. The summed E-state index contributed by atoms with van der Waals surface area (Å²) in [6.07, 6.45) is 9.93. The molecule has 46 heavy (non-hydrogen) atoms. The fraction of sp³-hybridized carbons (Fsp3) is 0.750. The van der Waals surface area contributed by atoms with Gasteiger partial charge in [-0.25, -0.2) is 4.79 Å². The van der Waals surface area contributed by atoms with Crippen LogP contribution in [0, 0.1) is 28.6 Å². The number of aliphatic imine (C=N–C) groups is 1. The predicted octanol–water partition coefficient (Wildman–Crippen LogP) is 3.90. The van der Waals surface area contributed by atoms with Gasteiger partial charge in [0.1, 0.15) is 12.7 Å². The highest BCUT2D eigenvalue weighted by atomic mass is 16.7. The van der Waals surface area contributed by atoms with E-state index in [1.165, 1.54) is 0 Å². The largest absolute Gasteiger partial charge is 0.458 e. The van der Waals surface area contributed by atoms with Gasteiger partial charge in [0, 0.05) is 49.3 Å². The Morgan fingerprint density at radius 2 is 1.93 bits per heavy atom. The summed E-state index contributed by atoms with van der Waals surface area (Å²) in [7, 11) is 1.59. The molecule has 4 aliphatic carbocycles. The molecule has 3 heterocycles. The van der Waals surface area contributed by atoms with Crippen LogP contribution in [0.15, 0.2) is 41.0 Å². The lowest BCUT2D eigenvalue weighted by Crippen LogP contribution is -2.69. The van der Waals surface area contributed by atoms with E-state index in [9.17, 15) is 20.1 Å². The van der Waals surface area contributed by atoms with E-state index in [-0.39, 0.29) is 41.3 Å². The number of esters is 1. The Kier molecular flexibility index (Phi) is 8.46. The number of pyridine rings is 1. The Morgan fingerprint density at radius 3 is 2.67 bits per heavy atom. The Bertz CT molecular complexity index is 1360. The van der Waals surface area contributed by atoms with E-state index in [0.29, 0.717) is 51.7 Å². The third kappa shape index (κ3) is 5.10. The molecule has 1 aromatic rings. The summed E-state index contributed by atoms with van der Waals surface area (Å²) in [5, 5.41) is 36.0. The number of cyclic esters (lactones) is 1. The van der Waals surface area contributed by atoms with Gasteiger partial charge < -0.3 is 34.3 Å². The van der Waals surface area contributed by atoms with Crippen molar-refractivity contribution in [2.24, 2.45) is 33.6 Å². The number of aliphatic hydroxyl groups is 3. The molecule has 0 amide bonds. The summed E-state index contributed by atoms with van der Waals surface area (Å²) < 4.78 is 23.4. The van der Waals surface area contributed by atoms with E-state index in [4.69, 9.17) is 23.9 Å². The standard InChI is InChI=1S/C36H50N2O8/c1-22-32(40)29(43-3)17-31(45-22)46-25-7-12-34(21-37-19-24-6-4-5-15-38-24)27-8-11-33(2)26(23-16-30(39)44-20-23)10-14-36(33,42)28(27)9-13-35(34,41)18-25/h4-6,15-16,21-22,25-29,31-32,40-42H,7-14,17-20H2,1-3H3/t22-,25-,26+,27+,28-,29-,31+,32-,33-,34+,35+,36+/m1/s1. The maximum absolute atomic E-state index is 12.8. The lowest BCUT2D eigenvalue weighted by Gasteiger charge is -2.66. The zero-order valence-corrected chi connectivity index (χ0v) is 27.3. The smallest absolute Gasteiger partial charge is 0.331 e. The molecule has 0 radical (unpaired) electrons. The van der Waals surface area contributed by atoms with Crippen molar-refractivity contribution in [3.8, 4) is 0 Å². The highest BCUT2D eigenvalue weighted by Crippen LogP contribution is 2.70. The Balaban J connectivity index is 1.17. The highest BCUT2D eigenvalue weighted by Gasteiger charge is 2.71. The topological polar surface area (TPSA) is 140 Å². The van der Waals surface area contributed by atoms with E-state index in [1.807, 2.05) is 31.3 Å². The molecule has 4 saturated carbocycles. The minimum absolute atomic E-state index is 0.000364. The fourth-order valence-corrected chi connectivity index (χ4v) is 10.8. The van der Waals surface area contributed by atoms with Crippen LogP contribution in [0.25, 0.3) is 0 Å². The number of carbonyl (C=O) groups excluding carboxylic acids is 1. The summed E-state index contributed by atoms with van der Waals surface area (Å²) >= 11 is 0. The summed E-state index contributed by atoms with van der Waals surface area (Å²) in [4.78, 5) is 21.4. The molecule has 5 fully saturated rings. The number of nitrogens with zero attached hydrogens (tertiary/aromatic N) is 2. The molecular formula is C36H50N2O8. The Hall–Kier alpha value is -2.21. The quantitative estimate of drug-likeness (QED) is 0.231. The lowest BCUT2D eigenvalue weighted by atomic mass is 9.41. The first-order valence-electron chi connectivity index (χ1n) is 17.3. The monoisotopic (exact) mass is 638 g/mol. The molecule has 0 spiro atoms. The van der Waals surface area contributed by atoms with Gasteiger partial charge in [-0.15, -0.1) is 0 Å². The van der Waals surface area contributed by atoms with Crippen LogP contribution >= 0.6 is 0 Å². The molecule has 0 unspecified atom stereocenters. The minimum Gasteiger partial charge on any atom is -0.458 e. The van der Waals surface area contributed by atoms with E-state index in [2.05, 4.69) is 11.9 Å². The van der Waals surface area contributed by atoms with Crippen LogP contribution < -0.4 is 0 Å². The number of hydrogen-bond acceptors (Lipinski definition) is 10. The molecule has 2 aliphatic heterocycles. The van der Waals surface area contributed by atoms with E-state index >= 15 is 0 Å². The highest BCUT2D eigenvalue weighted by molar-refractivity contribution is 5.85. The molecule has 10 heteroatoms. The van der Waals surface area contributed by atoms with Gasteiger partial charge in [0.2, 0.25) is 0 Å². The molecule has 1 saturated heterocycles. The Morgan fingerprint density at radius 1 is 1.11 bits per heavy atom. The summed E-state index contributed by atoms with van der Waals surface area (Å²) in [5.41, 5.74) is -1.09. The number of aromatic nitrogens is 1. The van der Waals surface area contributed by atoms with Gasteiger partial charge in [0.25, 0.3) is 0 Å². The van der Waals surface area contributed by atoms with Crippen LogP contribution in [-0.4, -0.2) is 88.1 Å². The van der Waals surface area contributed by atoms with Crippen LogP contribution in [0.3, 0.4) is 0 Å². The van der Waals surface area contributed by atoms with Gasteiger partial charge in [-0.3, -0.25) is 9.98 Å². The molecule has 252 valence electrons. The van der Waals surface area contributed by atoms with Crippen molar-refractivity contribution in [1.82, 2.24) is 4.98 Å². The SMILES string of the molecule is CO[C@@H]1C[C@H](O[C@@H]2CC[C@]3(C=NCc4ccccn4)[C@H]4CC[C@]5(C)[C@H](C6=CC(=O)OC6)CC[C@]5(O)[C@@H]4CC[C@]3(O)C2)O[C@H](C)[C@H]1O. The number of rotatable bonds is 7. The predicted molar refractivity (Wildman–Crippen MR) is 169 cm³/mol. The first-order chi connectivity index (χ1) is 22.0. The van der Waals surface area contributed by atoms with Crippen LogP contribution in [0.1, 0.15) is 83.7 Å². The number of fused-ring (bicyclic) bond motifs is 5. The number of aliphatic hydroxyl groups excluding tert-OH is 1.